The van der Waals surface area contributed by atoms with Crippen molar-refractivity contribution in [2.24, 2.45) is 0 Å². The Balaban J connectivity index is 1.64. The number of aliphatic hydroxyl groups is 1. The molecule has 12 heteroatoms. The van der Waals surface area contributed by atoms with Gasteiger partial charge in [-0.1, -0.05) is 6.92 Å². The number of piperazine rings is 1. The van der Waals surface area contributed by atoms with Crippen molar-refractivity contribution in [3.05, 3.63) is 51.2 Å². The van der Waals surface area contributed by atoms with Crippen LogP contribution in [0.4, 0.5) is 5.82 Å². The maximum absolute atomic E-state index is 13.1. The van der Waals surface area contributed by atoms with Gasteiger partial charge in [-0.25, -0.2) is 4.79 Å². The van der Waals surface area contributed by atoms with Crippen LogP contribution in [0, 0.1) is 0 Å². The number of aromatic nitrogens is 2. The molecule has 0 amide bonds. The lowest BCUT2D eigenvalue weighted by Crippen LogP contribution is -2.54. The second-order valence-corrected chi connectivity index (χ2v) is 12.9. The van der Waals surface area contributed by atoms with E-state index in [1.165, 1.54) is 16.7 Å². The van der Waals surface area contributed by atoms with E-state index in [-0.39, 0.29) is 34.8 Å². The molecule has 0 spiro atoms. The second kappa shape index (κ2) is 12.9. The van der Waals surface area contributed by atoms with Crippen molar-refractivity contribution in [3.63, 3.8) is 0 Å². The first-order valence-electron chi connectivity index (χ1n) is 13.9. The minimum atomic E-state index is -3.81. The van der Waals surface area contributed by atoms with Gasteiger partial charge in [0, 0.05) is 50.9 Å². The molecule has 11 nitrogen and oxygen atoms in total. The van der Waals surface area contributed by atoms with Gasteiger partial charge in [0.05, 0.1) is 11.5 Å². The molecule has 0 saturated carbocycles. The molecular weight excluding hydrogens is 536 g/mol. The van der Waals surface area contributed by atoms with E-state index in [9.17, 15) is 23.1 Å². The highest BCUT2D eigenvalue weighted by atomic mass is 32.2. The Morgan fingerprint density at radius 3 is 2.05 bits per heavy atom. The summed E-state index contributed by atoms with van der Waals surface area (Å²) in [5.41, 5.74) is -1.55. The zero-order chi connectivity index (χ0) is 29.8. The maximum atomic E-state index is 13.1. The van der Waals surface area contributed by atoms with Crippen molar-refractivity contribution < 1.29 is 22.4 Å². The average Bonchev–Trinajstić information content (AvgIpc) is 2.87. The number of ether oxygens (including phenoxy) is 1. The van der Waals surface area contributed by atoms with E-state index in [1.807, 2.05) is 34.6 Å². The third kappa shape index (κ3) is 7.34. The quantitative estimate of drug-likeness (QED) is 0.378. The molecule has 1 aromatic heterocycles. The minimum absolute atomic E-state index is 0.0500. The molecule has 2 aromatic rings. The summed E-state index contributed by atoms with van der Waals surface area (Å²) in [5, 5.41) is 11.0. The summed E-state index contributed by atoms with van der Waals surface area (Å²) in [5.74, 6) is 1.06. The Kier molecular flexibility index (Phi) is 10.3. The van der Waals surface area contributed by atoms with E-state index < -0.39 is 21.8 Å². The van der Waals surface area contributed by atoms with Gasteiger partial charge in [-0.15, -0.1) is 0 Å². The summed E-state index contributed by atoms with van der Waals surface area (Å²) in [6, 6.07) is 7.18. The third-order valence-corrected chi connectivity index (χ3v) is 8.37. The van der Waals surface area contributed by atoms with E-state index in [0.717, 1.165) is 0 Å². The van der Waals surface area contributed by atoms with Crippen molar-refractivity contribution in [2.45, 2.75) is 83.6 Å². The van der Waals surface area contributed by atoms with Crippen LogP contribution in [0.5, 0.6) is 5.75 Å². The summed E-state index contributed by atoms with van der Waals surface area (Å²) in [7, 11) is -3.81. The smallest absolute Gasteiger partial charge is 0.333 e. The van der Waals surface area contributed by atoms with Gasteiger partial charge in [-0.3, -0.25) is 23.0 Å². The van der Waals surface area contributed by atoms with E-state index in [1.54, 1.807) is 36.6 Å². The molecule has 2 heterocycles. The molecule has 3 rings (SSSR count). The van der Waals surface area contributed by atoms with Gasteiger partial charge in [0.1, 0.15) is 23.3 Å². The number of benzene rings is 1. The normalized spacial score (nSPS) is 16.1. The third-order valence-electron chi connectivity index (χ3n) is 7.05. The van der Waals surface area contributed by atoms with Crippen molar-refractivity contribution in [1.29, 1.82) is 0 Å². The molecule has 1 aliphatic rings. The number of rotatable bonds is 12. The number of anilines is 1. The SMILES string of the molecule is CCCOS(=O)(=O)c1ccc(OC(C)(C)C(O)CN2CCN(c3cc(=O)n(C(C)C)c(=O)n3C(C)C)CC2)cc1. The predicted molar refractivity (Wildman–Crippen MR) is 155 cm³/mol. The molecule has 1 N–H and O–H groups in total. The molecule has 40 heavy (non-hydrogen) atoms. The molecular formula is C28H44N4O7S. The molecule has 0 aliphatic carbocycles. The Hall–Kier alpha value is -2.67. The summed E-state index contributed by atoms with van der Waals surface area (Å²) in [6.45, 7) is 15.9. The van der Waals surface area contributed by atoms with Gasteiger partial charge in [0.15, 0.2) is 0 Å². The Bertz CT molecular complexity index is 1360. The zero-order valence-electron chi connectivity index (χ0n) is 24.7. The van der Waals surface area contributed by atoms with Crippen molar-refractivity contribution in [1.82, 2.24) is 14.0 Å². The van der Waals surface area contributed by atoms with E-state index in [2.05, 4.69) is 9.80 Å². The highest BCUT2D eigenvalue weighted by Crippen LogP contribution is 2.25. The van der Waals surface area contributed by atoms with Gasteiger partial charge in [0.2, 0.25) is 0 Å². The monoisotopic (exact) mass is 580 g/mol. The van der Waals surface area contributed by atoms with Gasteiger partial charge in [-0.2, -0.15) is 8.42 Å². The van der Waals surface area contributed by atoms with Gasteiger partial charge < -0.3 is 14.7 Å². The van der Waals surface area contributed by atoms with Gasteiger partial charge in [0.25, 0.3) is 15.7 Å². The maximum Gasteiger partial charge on any atom is 0.333 e. The fourth-order valence-electron chi connectivity index (χ4n) is 4.69. The predicted octanol–water partition coefficient (Wildman–Crippen LogP) is 2.63. The molecule has 1 saturated heterocycles. The average molecular weight is 581 g/mol. The molecule has 1 aliphatic heterocycles. The summed E-state index contributed by atoms with van der Waals surface area (Å²) < 4.78 is 38.4. The second-order valence-electron chi connectivity index (χ2n) is 11.3. The molecule has 1 atom stereocenters. The summed E-state index contributed by atoms with van der Waals surface area (Å²) >= 11 is 0. The molecule has 0 bridgehead atoms. The summed E-state index contributed by atoms with van der Waals surface area (Å²) in [4.78, 5) is 30.1. The largest absolute Gasteiger partial charge is 0.485 e. The molecule has 1 aromatic carbocycles. The summed E-state index contributed by atoms with van der Waals surface area (Å²) in [6.07, 6.45) is -0.245. The van der Waals surface area contributed by atoms with Gasteiger partial charge >= 0.3 is 5.69 Å². The number of hydrogen-bond donors (Lipinski definition) is 1. The van der Waals surface area contributed by atoms with Crippen LogP contribution >= 0.6 is 0 Å². The van der Waals surface area contributed by atoms with Crippen LogP contribution < -0.4 is 20.9 Å². The van der Waals surface area contributed by atoms with E-state index in [4.69, 9.17) is 8.92 Å². The van der Waals surface area contributed by atoms with E-state index >= 15 is 0 Å². The molecule has 0 radical (unpaired) electrons. The minimum Gasteiger partial charge on any atom is -0.485 e. The Labute approximate surface area is 237 Å². The number of hydrogen-bond acceptors (Lipinski definition) is 9. The zero-order valence-corrected chi connectivity index (χ0v) is 25.5. The first-order valence-corrected chi connectivity index (χ1v) is 15.3. The topological polar surface area (TPSA) is 123 Å². The van der Waals surface area contributed by atoms with Crippen molar-refractivity contribution in [3.8, 4) is 5.75 Å². The standard InChI is InChI=1S/C28H44N4O7S/c1-8-17-38-40(36,37)23-11-9-22(10-12-23)39-28(6,7)24(33)19-29-13-15-30(16-14-29)25-18-26(34)32(21(4)5)27(35)31(25)20(2)3/h9-12,18,20-21,24,33H,8,13-17,19H2,1-7H3. The lowest BCUT2D eigenvalue weighted by atomic mass is 10.0. The molecule has 1 fully saturated rings. The van der Waals surface area contributed by atoms with Crippen LogP contribution in [0.25, 0.3) is 0 Å². The van der Waals surface area contributed by atoms with Crippen molar-refractivity contribution >= 4 is 15.9 Å². The molecule has 224 valence electrons. The lowest BCUT2D eigenvalue weighted by Gasteiger charge is -2.40. The van der Waals surface area contributed by atoms with E-state index in [0.29, 0.717) is 50.7 Å². The van der Waals surface area contributed by atoms with Crippen LogP contribution in [-0.4, -0.2) is 78.6 Å². The van der Waals surface area contributed by atoms with Crippen LogP contribution in [0.1, 0.15) is 67.0 Å². The highest BCUT2D eigenvalue weighted by molar-refractivity contribution is 7.86. The van der Waals surface area contributed by atoms with Gasteiger partial charge in [-0.05, 0) is 72.2 Å². The Morgan fingerprint density at radius 1 is 0.950 bits per heavy atom. The lowest BCUT2D eigenvalue weighted by molar-refractivity contribution is -0.0450. The van der Waals surface area contributed by atoms with Crippen LogP contribution in [0.2, 0.25) is 0 Å². The first kappa shape index (κ1) is 31.9. The Morgan fingerprint density at radius 2 is 1.52 bits per heavy atom. The molecule has 1 unspecified atom stereocenters. The fourth-order valence-corrected chi connectivity index (χ4v) is 5.69. The highest BCUT2D eigenvalue weighted by Gasteiger charge is 2.33. The van der Waals surface area contributed by atoms with Crippen molar-refractivity contribution in [2.75, 3.05) is 44.2 Å². The fraction of sp³-hybridized carbons (Fsp3) is 0.643. The first-order chi connectivity index (χ1) is 18.7. The number of aliphatic hydroxyl groups excluding tert-OH is 1. The number of nitrogens with zero attached hydrogens (tertiary/aromatic N) is 4. The van der Waals surface area contributed by atoms with Crippen LogP contribution in [0.15, 0.2) is 44.8 Å². The van der Waals surface area contributed by atoms with Crippen LogP contribution in [-0.2, 0) is 14.3 Å². The number of β-amino-alcohol motifs (C(OH)–C–C–N with tert-alkyl or cyclic N) is 1. The van der Waals surface area contributed by atoms with Crippen LogP contribution in [0.3, 0.4) is 0 Å².